The van der Waals surface area contributed by atoms with Crippen molar-refractivity contribution in [1.29, 1.82) is 0 Å². The standard InChI is InChI=1S/C22H28N2O3.2ClH/c25-22(26)12-13-23-14-16-24(17-15-23)20-8-10-21(11-9-20)27-18-4-7-19-5-2-1-3-6-19;;/h1-3,5-6,8-11H,4,7,12-18H2,(H,25,26);2*1H. The van der Waals surface area contributed by atoms with E-state index in [-0.39, 0.29) is 31.2 Å². The molecule has 1 fully saturated rings. The summed E-state index contributed by atoms with van der Waals surface area (Å²) in [4.78, 5) is 15.2. The van der Waals surface area contributed by atoms with Gasteiger partial charge in [-0.15, -0.1) is 24.8 Å². The van der Waals surface area contributed by atoms with Crippen LogP contribution in [0.4, 0.5) is 5.69 Å². The second-order valence-electron chi connectivity index (χ2n) is 6.90. The number of aliphatic carboxylic acids is 1. The van der Waals surface area contributed by atoms with Crippen LogP contribution < -0.4 is 9.64 Å². The third kappa shape index (κ3) is 8.52. The van der Waals surface area contributed by atoms with Crippen molar-refractivity contribution in [1.82, 2.24) is 4.90 Å². The molecular formula is C22H30Cl2N2O3. The molecule has 3 rings (SSSR count). The van der Waals surface area contributed by atoms with Crippen molar-refractivity contribution in [2.75, 3.05) is 44.2 Å². The van der Waals surface area contributed by atoms with Crippen LogP contribution in [0.1, 0.15) is 18.4 Å². The number of piperazine rings is 1. The maximum Gasteiger partial charge on any atom is 0.304 e. The Hall–Kier alpha value is -1.95. The lowest BCUT2D eigenvalue weighted by atomic mass is 10.1. The number of nitrogens with zero attached hydrogens (tertiary/aromatic N) is 2. The van der Waals surface area contributed by atoms with E-state index < -0.39 is 5.97 Å². The molecule has 7 heteroatoms. The van der Waals surface area contributed by atoms with Crippen molar-refractivity contribution in [2.45, 2.75) is 19.3 Å². The van der Waals surface area contributed by atoms with Crippen LogP contribution in [0.15, 0.2) is 54.6 Å². The topological polar surface area (TPSA) is 53.0 Å². The smallest absolute Gasteiger partial charge is 0.304 e. The molecule has 1 N–H and O–H groups in total. The molecule has 0 aliphatic carbocycles. The second-order valence-corrected chi connectivity index (χ2v) is 6.90. The fourth-order valence-electron chi connectivity index (χ4n) is 3.35. The quantitative estimate of drug-likeness (QED) is 0.593. The number of anilines is 1. The first-order chi connectivity index (χ1) is 13.2. The van der Waals surface area contributed by atoms with Gasteiger partial charge in [0.25, 0.3) is 0 Å². The fraction of sp³-hybridized carbons (Fsp3) is 0.409. The molecule has 0 unspecified atom stereocenters. The predicted octanol–water partition coefficient (Wildman–Crippen LogP) is 4.14. The van der Waals surface area contributed by atoms with Gasteiger partial charge >= 0.3 is 5.97 Å². The maximum absolute atomic E-state index is 10.7. The van der Waals surface area contributed by atoms with Crippen LogP contribution in [-0.4, -0.2) is 55.3 Å². The average Bonchev–Trinajstić information content (AvgIpc) is 2.71. The van der Waals surface area contributed by atoms with Crippen molar-refractivity contribution in [3.63, 3.8) is 0 Å². The lowest BCUT2D eigenvalue weighted by Crippen LogP contribution is -2.46. The van der Waals surface area contributed by atoms with E-state index in [4.69, 9.17) is 9.84 Å². The van der Waals surface area contributed by atoms with Gasteiger partial charge in [0.2, 0.25) is 0 Å². The molecule has 0 spiro atoms. The minimum Gasteiger partial charge on any atom is -0.494 e. The first kappa shape index (κ1) is 25.1. The van der Waals surface area contributed by atoms with Crippen LogP contribution in [0.25, 0.3) is 0 Å². The van der Waals surface area contributed by atoms with Gasteiger partial charge in [-0.1, -0.05) is 30.3 Å². The lowest BCUT2D eigenvalue weighted by molar-refractivity contribution is -0.137. The molecule has 1 aliphatic heterocycles. The Morgan fingerprint density at radius 2 is 1.59 bits per heavy atom. The largest absolute Gasteiger partial charge is 0.494 e. The number of carboxylic acid groups (broad SMARTS) is 1. The van der Waals surface area contributed by atoms with Gasteiger partial charge in [-0.3, -0.25) is 9.69 Å². The monoisotopic (exact) mass is 440 g/mol. The van der Waals surface area contributed by atoms with Crippen LogP contribution in [0.2, 0.25) is 0 Å². The van der Waals surface area contributed by atoms with E-state index in [1.807, 2.05) is 18.2 Å². The molecule has 0 bridgehead atoms. The molecule has 29 heavy (non-hydrogen) atoms. The summed E-state index contributed by atoms with van der Waals surface area (Å²) in [6.45, 7) is 5.03. The third-order valence-electron chi connectivity index (χ3n) is 4.94. The number of carboxylic acids is 1. The second kappa shape index (κ2) is 13.3. The van der Waals surface area contributed by atoms with E-state index in [0.29, 0.717) is 6.54 Å². The Labute approximate surface area is 185 Å². The lowest BCUT2D eigenvalue weighted by Gasteiger charge is -2.35. The minimum absolute atomic E-state index is 0. The predicted molar refractivity (Wildman–Crippen MR) is 122 cm³/mol. The third-order valence-corrected chi connectivity index (χ3v) is 4.94. The van der Waals surface area contributed by atoms with E-state index in [1.165, 1.54) is 11.3 Å². The highest BCUT2D eigenvalue weighted by Gasteiger charge is 2.17. The Morgan fingerprint density at radius 1 is 0.931 bits per heavy atom. The Bertz CT molecular complexity index is 706. The van der Waals surface area contributed by atoms with Crippen molar-refractivity contribution in [3.8, 4) is 5.75 Å². The van der Waals surface area contributed by atoms with E-state index in [1.54, 1.807) is 0 Å². The van der Waals surface area contributed by atoms with Crippen LogP contribution in [-0.2, 0) is 11.2 Å². The fourth-order valence-corrected chi connectivity index (χ4v) is 3.35. The van der Waals surface area contributed by atoms with Gasteiger partial charge in [-0.25, -0.2) is 0 Å². The molecule has 2 aromatic rings. The Kier molecular flexibility index (Phi) is 11.5. The SMILES string of the molecule is Cl.Cl.O=C(O)CCN1CCN(c2ccc(OCCCc3ccccc3)cc2)CC1. The van der Waals surface area contributed by atoms with Gasteiger partial charge < -0.3 is 14.7 Å². The highest BCUT2D eigenvalue weighted by atomic mass is 35.5. The van der Waals surface area contributed by atoms with Crippen molar-refractivity contribution >= 4 is 36.5 Å². The van der Waals surface area contributed by atoms with Gasteiger partial charge in [0.15, 0.2) is 0 Å². The van der Waals surface area contributed by atoms with Crippen molar-refractivity contribution in [2.24, 2.45) is 0 Å². The first-order valence-corrected chi connectivity index (χ1v) is 9.66. The van der Waals surface area contributed by atoms with E-state index in [9.17, 15) is 4.79 Å². The van der Waals surface area contributed by atoms with Gasteiger partial charge in [0.05, 0.1) is 13.0 Å². The number of halogens is 2. The van der Waals surface area contributed by atoms with Crippen LogP contribution in [0, 0.1) is 0 Å². The zero-order valence-electron chi connectivity index (χ0n) is 16.5. The number of aryl methyl sites for hydroxylation is 1. The number of hydrogen-bond acceptors (Lipinski definition) is 4. The van der Waals surface area contributed by atoms with Gasteiger partial charge in [0.1, 0.15) is 5.75 Å². The number of rotatable bonds is 9. The molecule has 1 heterocycles. The summed E-state index contributed by atoms with van der Waals surface area (Å²) < 4.78 is 5.86. The summed E-state index contributed by atoms with van der Waals surface area (Å²) in [6, 6.07) is 18.8. The molecule has 0 atom stereocenters. The average molecular weight is 441 g/mol. The van der Waals surface area contributed by atoms with Crippen LogP contribution >= 0.6 is 24.8 Å². The first-order valence-electron chi connectivity index (χ1n) is 9.66. The summed E-state index contributed by atoms with van der Waals surface area (Å²) in [5.41, 5.74) is 2.54. The summed E-state index contributed by atoms with van der Waals surface area (Å²) >= 11 is 0. The number of ether oxygens (including phenoxy) is 1. The van der Waals surface area contributed by atoms with Crippen LogP contribution in [0.3, 0.4) is 0 Å². The Morgan fingerprint density at radius 3 is 2.21 bits per heavy atom. The number of hydrogen-bond donors (Lipinski definition) is 1. The summed E-state index contributed by atoms with van der Waals surface area (Å²) in [5, 5.41) is 8.79. The van der Waals surface area contributed by atoms with Gasteiger partial charge in [0, 0.05) is 38.4 Å². The van der Waals surface area contributed by atoms with Crippen LogP contribution in [0.5, 0.6) is 5.75 Å². The molecule has 0 radical (unpaired) electrons. The highest BCUT2D eigenvalue weighted by molar-refractivity contribution is 5.85. The number of carbonyl (C=O) groups is 1. The summed E-state index contributed by atoms with van der Waals surface area (Å²) in [7, 11) is 0. The van der Waals surface area contributed by atoms with E-state index >= 15 is 0 Å². The molecule has 0 amide bonds. The minimum atomic E-state index is -0.725. The molecule has 5 nitrogen and oxygen atoms in total. The van der Waals surface area contributed by atoms with Crippen molar-refractivity contribution < 1.29 is 14.6 Å². The molecule has 1 saturated heterocycles. The highest BCUT2D eigenvalue weighted by Crippen LogP contribution is 2.21. The molecule has 2 aromatic carbocycles. The molecular weight excluding hydrogens is 411 g/mol. The molecule has 1 aliphatic rings. The maximum atomic E-state index is 10.7. The van der Waals surface area contributed by atoms with Crippen molar-refractivity contribution in [3.05, 3.63) is 60.2 Å². The van der Waals surface area contributed by atoms with Gasteiger partial charge in [-0.2, -0.15) is 0 Å². The zero-order valence-corrected chi connectivity index (χ0v) is 18.2. The molecule has 160 valence electrons. The van der Waals surface area contributed by atoms with E-state index in [0.717, 1.165) is 51.4 Å². The summed E-state index contributed by atoms with van der Waals surface area (Å²) in [6.07, 6.45) is 2.26. The normalized spacial score (nSPS) is 13.9. The zero-order chi connectivity index (χ0) is 18.9. The molecule has 0 saturated carbocycles. The Balaban J connectivity index is 0.00000210. The van der Waals surface area contributed by atoms with Gasteiger partial charge in [-0.05, 0) is 42.7 Å². The summed E-state index contributed by atoms with van der Waals surface area (Å²) in [5.74, 6) is 0.184. The number of benzene rings is 2. The molecule has 0 aromatic heterocycles. The van der Waals surface area contributed by atoms with E-state index in [2.05, 4.69) is 46.2 Å².